The SMILES string of the molecule is Cc1ccc(-n2nc(C3CC3)c(CO)c2Cl)cc1Cl. The van der Waals surface area contributed by atoms with Crippen LogP contribution in [0, 0.1) is 6.92 Å². The van der Waals surface area contributed by atoms with Gasteiger partial charge in [-0.05, 0) is 37.5 Å². The monoisotopic (exact) mass is 296 g/mol. The summed E-state index contributed by atoms with van der Waals surface area (Å²) in [7, 11) is 0. The molecule has 1 heterocycles. The average molecular weight is 297 g/mol. The molecule has 0 unspecified atom stereocenters. The molecule has 0 amide bonds. The first-order valence-electron chi connectivity index (χ1n) is 6.26. The first-order valence-corrected chi connectivity index (χ1v) is 7.02. The average Bonchev–Trinajstić information content (AvgIpc) is 3.17. The number of halogens is 2. The summed E-state index contributed by atoms with van der Waals surface area (Å²) in [5.41, 5.74) is 3.49. The van der Waals surface area contributed by atoms with E-state index in [0.29, 0.717) is 16.1 Å². The van der Waals surface area contributed by atoms with Crippen molar-refractivity contribution in [1.82, 2.24) is 9.78 Å². The molecule has 100 valence electrons. The first-order chi connectivity index (χ1) is 9.11. The highest BCUT2D eigenvalue weighted by molar-refractivity contribution is 6.32. The molecule has 3 nitrogen and oxygen atoms in total. The Bertz CT molecular complexity index is 633. The van der Waals surface area contributed by atoms with Crippen molar-refractivity contribution in [3.8, 4) is 5.69 Å². The Labute approximate surface area is 121 Å². The highest BCUT2D eigenvalue weighted by atomic mass is 35.5. The van der Waals surface area contributed by atoms with Crippen molar-refractivity contribution >= 4 is 23.2 Å². The van der Waals surface area contributed by atoms with Crippen molar-refractivity contribution in [3.05, 3.63) is 45.2 Å². The quantitative estimate of drug-likeness (QED) is 0.934. The van der Waals surface area contributed by atoms with Crippen molar-refractivity contribution < 1.29 is 5.11 Å². The summed E-state index contributed by atoms with van der Waals surface area (Å²) in [6.07, 6.45) is 2.24. The fourth-order valence-electron chi connectivity index (χ4n) is 2.16. The van der Waals surface area contributed by atoms with Crippen LogP contribution in [0.2, 0.25) is 10.2 Å². The van der Waals surface area contributed by atoms with Crippen LogP contribution in [0.5, 0.6) is 0 Å². The Kier molecular flexibility index (Phi) is 3.29. The number of nitrogens with zero attached hydrogens (tertiary/aromatic N) is 2. The predicted octanol–water partition coefficient (Wildman–Crippen LogP) is 3.86. The van der Waals surface area contributed by atoms with Crippen LogP contribution in [0.15, 0.2) is 18.2 Å². The molecule has 19 heavy (non-hydrogen) atoms. The lowest BCUT2D eigenvalue weighted by Crippen LogP contribution is -1.97. The van der Waals surface area contributed by atoms with Gasteiger partial charge in [-0.2, -0.15) is 5.10 Å². The molecule has 5 heteroatoms. The predicted molar refractivity (Wildman–Crippen MR) is 76.2 cm³/mol. The smallest absolute Gasteiger partial charge is 0.138 e. The second kappa shape index (κ2) is 4.82. The van der Waals surface area contributed by atoms with Gasteiger partial charge in [0.25, 0.3) is 0 Å². The second-order valence-electron chi connectivity index (χ2n) is 4.93. The molecule has 0 saturated heterocycles. The largest absolute Gasteiger partial charge is 0.391 e. The minimum atomic E-state index is -0.0791. The van der Waals surface area contributed by atoms with Gasteiger partial charge in [-0.25, -0.2) is 4.68 Å². The molecule has 0 bridgehead atoms. The van der Waals surface area contributed by atoms with Crippen LogP contribution >= 0.6 is 23.2 Å². The standard InChI is InChI=1S/C14H14Cl2N2O/c1-8-2-5-10(6-12(8)15)18-14(16)11(7-19)13(17-18)9-3-4-9/h2,5-6,9,19H,3-4,7H2,1H3. The van der Waals surface area contributed by atoms with E-state index in [-0.39, 0.29) is 6.61 Å². The highest BCUT2D eigenvalue weighted by Gasteiger charge is 2.31. The molecule has 1 aromatic carbocycles. The van der Waals surface area contributed by atoms with E-state index < -0.39 is 0 Å². The minimum Gasteiger partial charge on any atom is -0.391 e. The van der Waals surface area contributed by atoms with Crippen molar-refractivity contribution in [2.75, 3.05) is 0 Å². The van der Waals surface area contributed by atoms with E-state index >= 15 is 0 Å². The maximum atomic E-state index is 9.47. The van der Waals surface area contributed by atoms with Crippen LogP contribution in [0.25, 0.3) is 5.69 Å². The molecule has 1 saturated carbocycles. The zero-order valence-corrected chi connectivity index (χ0v) is 12.0. The van der Waals surface area contributed by atoms with E-state index in [2.05, 4.69) is 5.10 Å². The van der Waals surface area contributed by atoms with Gasteiger partial charge < -0.3 is 5.11 Å². The van der Waals surface area contributed by atoms with Gasteiger partial charge in [0.15, 0.2) is 0 Å². The molecule has 1 N–H and O–H groups in total. The molecule has 1 aromatic heterocycles. The van der Waals surface area contributed by atoms with Crippen molar-refractivity contribution in [1.29, 1.82) is 0 Å². The zero-order chi connectivity index (χ0) is 13.6. The number of benzene rings is 1. The molecule has 0 atom stereocenters. The van der Waals surface area contributed by atoms with Gasteiger partial charge >= 0.3 is 0 Å². The molecular formula is C14H14Cl2N2O. The Hall–Kier alpha value is -1.03. The number of hydrogen-bond donors (Lipinski definition) is 1. The Morgan fingerprint density at radius 2 is 2.11 bits per heavy atom. The van der Waals surface area contributed by atoms with Gasteiger partial charge in [0.05, 0.1) is 18.0 Å². The molecule has 1 aliphatic carbocycles. The van der Waals surface area contributed by atoms with Crippen LogP contribution in [-0.2, 0) is 6.61 Å². The second-order valence-corrected chi connectivity index (χ2v) is 5.70. The first kappa shape index (κ1) is 13.0. The van der Waals surface area contributed by atoms with Gasteiger partial charge in [0.1, 0.15) is 5.15 Å². The minimum absolute atomic E-state index is 0.0791. The third-order valence-electron chi connectivity index (χ3n) is 3.47. The van der Waals surface area contributed by atoms with Gasteiger partial charge in [0.2, 0.25) is 0 Å². The molecule has 0 aliphatic heterocycles. The summed E-state index contributed by atoms with van der Waals surface area (Å²) >= 11 is 12.5. The van der Waals surface area contributed by atoms with E-state index in [4.69, 9.17) is 23.2 Å². The summed E-state index contributed by atoms with van der Waals surface area (Å²) in [6, 6.07) is 5.70. The van der Waals surface area contributed by atoms with Gasteiger partial charge in [0, 0.05) is 16.5 Å². The van der Waals surface area contributed by atoms with Crippen LogP contribution in [0.1, 0.15) is 35.6 Å². The molecule has 1 fully saturated rings. The fourth-order valence-corrected chi connectivity index (χ4v) is 2.63. The topological polar surface area (TPSA) is 38.0 Å². The molecular weight excluding hydrogens is 283 g/mol. The number of rotatable bonds is 3. The maximum Gasteiger partial charge on any atom is 0.138 e. The molecule has 0 radical (unpaired) electrons. The summed E-state index contributed by atoms with van der Waals surface area (Å²) in [4.78, 5) is 0. The number of aliphatic hydroxyl groups excluding tert-OH is 1. The lowest BCUT2D eigenvalue weighted by atomic mass is 10.2. The van der Waals surface area contributed by atoms with E-state index in [0.717, 1.165) is 35.3 Å². The van der Waals surface area contributed by atoms with Gasteiger partial charge in [-0.1, -0.05) is 29.3 Å². The molecule has 3 rings (SSSR count). The van der Waals surface area contributed by atoms with E-state index in [1.807, 2.05) is 25.1 Å². The fraction of sp³-hybridized carbons (Fsp3) is 0.357. The third-order valence-corrected chi connectivity index (χ3v) is 4.27. The van der Waals surface area contributed by atoms with Crippen molar-refractivity contribution in [2.24, 2.45) is 0 Å². The van der Waals surface area contributed by atoms with E-state index in [1.54, 1.807) is 4.68 Å². The number of aromatic nitrogens is 2. The lowest BCUT2D eigenvalue weighted by molar-refractivity contribution is 0.280. The number of hydrogen-bond acceptors (Lipinski definition) is 2. The summed E-state index contributed by atoms with van der Waals surface area (Å²) in [6.45, 7) is 1.87. The molecule has 2 aromatic rings. The van der Waals surface area contributed by atoms with Crippen LogP contribution in [0.3, 0.4) is 0 Å². The van der Waals surface area contributed by atoms with Gasteiger partial charge in [-0.3, -0.25) is 0 Å². The Morgan fingerprint density at radius 3 is 2.68 bits per heavy atom. The normalized spacial score (nSPS) is 14.9. The third kappa shape index (κ3) is 2.27. The molecule has 0 spiro atoms. The number of aryl methyl sites for hydroxylation is 1. The van der Waals surface area contributed by atoms with Crippen LogP contribution in [0.4, 0.5) is 0 Å². The highest BCUT2D eigenvalue weighted by Crippen LogP contribution is 2.43. The van der Waals surface area contributed by atoms with Crippen molar-refractivity contribution in [3.63, 3.8) is 0 Å². The van der Waals surface area contributed by atoms with Crippen LogP contribution in [-0.4, -0.2) is 14.9 Å². The van der Waals surface area contributed by atoms with Crippen LogP contribution < -0.4 is 0 Å². The van der Waals surface area contributed by atoms with Crippen molar-refractivity contribution in [2.45, 2.75) is 32.3 Å². The lowest BCUT2D eigenvalue weighted by Gasteiger charge is -2.05. The van der Waals surface area contributed by atoms with E-state index in [9.17, 15) is 5.11 Å². The summed E-state index contributed by atoms with van der Waals surface area (Å²) in [5.74, 6) is 0.446. The number of aliphatic hydroxyl groups is 1. The molecule has 1 aliphatic rings. The van der Waals surface area contributed by atoms with Gasteiger partial charge in [-0.15, -0.1) is 0 Å². The zero-order valence-electron chi connectivity index (χ0n) is 10.5. The van der Waals surface area contributed by atoms with E-state index in [1.165, 1.54) is 0 Å². The Balaban J connectivity index is 2.11. The summed E-state index contributed by atoms with van der Waals surface area (Å²) < 4.78 is 1.66. The maximum absolute atomic E-state index is 9.47. The summed E-state index contributed by atoms with van der Waals surface area (Å²) in [5, 5.41) is 15.2. The Morgan fingerprint density at radius 1 is 1.37 bits per heavy atom.